The zero-order chi connectivity index (χ0) is 16.3. The molecule has 3 heteroatoms. The van der Waals surface area contributed by atoms with E-state index >= 15 is 0 Å². The van der Waals surface area contributed by atoms with E-state index < -0.39 is 10.8 Å². The van der Waals surface area contributed by atoms with Crippen molar-refractivity contribution >= 4 is 43.4 Å². The fourth-order valence-electron chi connectivity index (χ4n) is 3.73. The van der Waals surface area contributed by atoms with E-state index in [0.29, 0.717) is 0 Å². The van der Waals surface area contributed by atoms with E-state index in [-0.39, 0.29) is 0 Å². The Morgan fingerprint density at radius 1 is 0.750 bits per heavy atom. The maximum atomic E-state index is 12.2. The molecule has 5 rings (SSSR count). The topological polar surface area (TPSA) is 32.9 Å². The number of aromatic amines is 1. The highest BCUT2D eigenvalue weighted by atomic mass is 32.2. The molecular weight excluding hydrogens is 314 g/mol. The van der Waals surface area contributed by atoms with Gasteiger partial charge in [-0.25, -0.2) is 0 Å². The lowest BCUT2D eigenvalue weighted by Crippen LogP contribution is -1.92. The molecule has 0 aliphatic heterocycles. The van der Waals surface area contributed by atoms with Gasteiger partial charge in [-0.1, -0.05) is 54.6 Å². The number of hydrogen-bond donors (Lipinski definition) is 1. The SMILES string of the molecule is CS(=O)c1ccccc1-c1ccc2ccc3cccc4[nH]c1c2c34. The summed E-state index contributed by atoms with van der Waals surface area (Å²) in [7, 11) is -1.03. The van der Waals surface area contributed by atoms with Gasteiger partial charge in [0.2, 0.25) is 0 Å². The molecule has 1 heterocycles. The molecule has 0 aliphatic rings. The second-order valence-corrected chi connectivity index (χ2v) is 7.48. The van der Waals surface area contributed by atoms with Crippen LogP contribution in [0.4, 0.5) is 0 Å². The van der Waals surface area contributed by atoms with Crippen LogP contribution >= 0.6 is 0 Å². The number of aromatic nitrogens is 1. The van der Waals surface area contributed by atoms with Crippen molar-refractivity contribution in [3.05, 3.63) is 66.7 Å². The van der Waals surface area contributed by atoms with Gasteiger partial charge >= 0.3 is 0 Å². The van der Waals surface area contributed by atoms with Gasteiger partial charge in [-0.05, 0) is 28.5 Å². The summed E-state index contributed by atoms with van der Waals surface area (Å²) in [5.41, 5.74) is 4.41. The number of rotatable bonds is 2. The Balaban J connectivity index is 1.97. The largest absolute Gasteiger partial charge is 0.354 e. The molecule has 0 saturated carbocycles. The molecule has 0 amide bonds. The fraction of sp³-hybridized carbons (Fsp3) is 0.0476. The maximum absolute atomic E-state index is 12.2. The van der Waals surface area contributed by atoms with E-state index in [2.05, 4.69) is 53.5 Å². The highest BCUT2D eigenvalue weighted by Crippen LogP contribution is 2.40. The van der Waals surface area contributed by atoms with Gasteiger partial charge in [-0.15, -0.1) is 0 Å². The van der Waals surface area contributed by atoms with Crippen molar-refractivity contribution in [2.24, 2.45) is 0 Å². The quantitative estimate of drug-likeness (QED) is 0.437. The van der Waals surface area contributed by atoms with Crippen LogP contribution in [-0.2, 0) is 10.8 Å². The van der Waals surface area contributed by atoms with E-state index in [0.717, 1.165) is 27.1 Å². The highest BCUT2D eigenvalue weighted by Gasteiger charge is 2.16. The monoisotopic (exact) mass is 329 g/mol. The molecule has 5 aromatic rings. The van der Waals surface area contributed by atoms with Crippen LogP contribution in [0.15, 0.2) is 71.6 Å². The zero-order valence-electron chi connectivity index (χ0n) is 13.2. The molecule has 0 fully saturated rings. The Labute approximate surface area is 141 Å². The second kappa shape index (κ2) is 4.92. The van der Waals surface area contributed by atoms with E-state index in [1.165, 1.54) is 21.5 Å². The minimum atomic E-state index is -1.03. The summed E-state index contributed by atoms with van der Waals surface area (Å²) in [4.78, 5) is 4.47. The van der Waals surface area contributed by atoms with Gasteiger partial charge < -0.3 is 4.98 Å². The summed E-state index contributed by atoms with van der Waals surface area (Å²) in [6, 6.07) is 22.9. The van der Waals surface area contributed by atoms with Crippen LogP contribution in [0, 0.1) is 0 Å². The summed E-state index contributed by atoms with van der Waals surface area (Å²) >= 11 is 0. The summed E-state index contributed by atoms with van der Waals surface area (Å²) in [5.74, 6) is 0. The lowest BCUT2D eigenvalue weighted by Gasteiger charge is -2.10. The standard InChI is InChI=1S/C21H15NOS/c1-24(23)18-8-3-2-6-15(18)16-12-11-14-10-9-13-5-4-7-17-19(13)20(14)21(16)22-17/h2-12,22H,1H3. The van der Waals surface area contributed by atoms with Gasteiger partial charge in [0.05, 0.1) is 16.3 Å². The lowest BCUT2D eigenvalue weighted by atomic mass is 9.97. The fourth-order valence-corrected chi connectivity index (χ4v) is 4.49. The van der Waals surface area contributed by atoms with Crippen LogP contribution in [0.1, 0.15) is 0 Å². The average molecular weight is 329 g/mol. The molecule has 4 aromatic carbocycles. The Bertz CT molecular complexity index is 1230. The summed E-state index contributed by atoms with van der Waals surface area (Å²) in [6.07, 6.45) is 1.74. The number of benzene rings is 4. The predicted molar refractivity (Wildman–Crippen MR) is 102 cm³/mol. The Morgan fingerprint density at radius 2 is 1.50 bits per heavy atom. The van der Waals surface area contributed by atoms with Gasteiger partial charge in [0.25, 0.3) is 0 Å². The van der Waals surface area contributed by atoms with Crippen molar-refractivity contribution in [3.63, 3.8) is 0 Å². The van der Waals surface area contributed by atoms with Crippen LogP contribution in [0.5, 0.6) is 0 Å². The first kappa shape index (κ1) is 13.8. The van der Waals surface area contributed by atoms with E-state index in [1.807, 2.05) is 18.2 Å². The smallest absolute Gasteiger partial charge is 0.0551 e. The van der Waals surface area contributed by atoms with E-state index in [1.54, 1.807) is 6.26 Å². The highest BCUT2D eigenvalue weighted by molar-refractivity contribution is 7.84. The average Bonchev–Trinajstić information content (AvgIpc) is 3.00. The minimum absolute atomic E-state index is 0.873. The molecular formula is C21H15NOS. The van der Waals surface area contributed by atoms with Gasteiger partial charge in [0, 0.05) is 33.0 Å². The summed E-state index contributed by atoms with van der Waals surface area (Å²) in [6.45, 7) is 0. The molecule has 24 heavy (non-hydrogen) atoms. The van der Waals surface area contributed by atoms with Gasteiger partial charge in [0.1, 0.15) is 0 Å². The molecule has 1 atom stereocenters. The Hall–Kier alpha value is -2.65. The van der Waals surface area contributed by atoms with Gasteiger partial charge in [-0.3, -0.25) is 4.21 Å². The summed E-state index contributed by atoms with van der Waals surface area (Å²) < 4.78 is 12.2. The molecule has 0 aliphatic carbocycles. The molecule has 2 nitrogen and oxygen atoms in total. The lowest BCUT2D eigenvalue weighted by molar-refractivity contribution is 0.687. The molecule has 0 saturated heterocycles. The van der Waals surface area contributed by atoms with Crippen molar-refractivity contribution in [3.8, 4) is 11.1 Å². The molecule has 116 valence electrons. The minimum Gasteiger partial charge on any atom is -0.354 e. The summed E-state index contributed by atoms with van der Waals surface area (Å²) in [5, 5.41) is 5.02. The predicted octanol–water partition coefficient (Wildman–Crippen LogP) is 5.32. The molecule has 0 bridgehead atoms. The van der Waals surface area contributed by atoms with Gasteiger partial charge in [0.15, 0.2) is 0 Å². The molecule has 0 radical (unpaired) electrons. The number of nitrogens with one attached hydrogen (secondary N) is 1. The zero-order valence-corrected chi connectivity index (χ0v) is 14.0. The third-order valence-corrected chi connectivity index (χ3v) is 5.75. The van der Waals surface area contributed by atoms with Crippen molar-refractivity contribution in [1.29, 1.82) is 0 Å². The van der Waals surface area contributed by atoms with E-state index in [4.69, 9.17) is 0 Å². The first-order valence-electron chi connectivity index (χ1n) is 7.92. The number of H-pyrrole nitrogens is 1. The maximum Gasteiger partial charge on any atom is 0.0551 e. The first-order valence-corrected chi connectivity index (χ1v) is 9.48. The van der Waals surface area contributed by atoms with Crippen molar-refractivity contribution < 1.29 is 4.21 Å². The third kappa shape index (κ3) is 1.79. The molecule has 1 aromatic heterocycles. The normalized spacial score (nSPS) is 13.2. The van der Waals surface area contributed by atoms with Crippen molar-refractivity contribution in [2.75, 3.05) is 6.26 Å². The van der Waals surface area contributed by atoms with Crippen LogP contribution < -0.4 is 0 Å². The van der Waals surface area contributed by atoms with Crippen LogP contribution in [-0.4, -0.2) is 15.4 Å². The van der Waals surface area contributed by atoms with Gasteiger partial charge in [-0.2, -0.15) is 0 Å². The van der Waals surface area contributed by atoms with Crippen molar-refractivity contribution in [1.82, 2.24) is 4.98 Å². The van der Waals surface area contributed by atoms with Crippen molar-refractivity contribution in [2.45, 2.75) is 4.90 Å². The first-order chi connectivity index (χ1) is 11.7. The molecule has 1 N–H and O–H groups in total. The van der Waals surface area contributed by atoms with Crippen LogP contribution in [0.3, 0.4) is 0 Å². The Kier molecular flexibility index (Phi) is 2.82. The molecule has 0 spiro atoms. The number of hydrogen-bond acceptors (Lipinski definition) is 1. The van der Waals surface area contributed by atoms with Crippen LogP contribution in [0.25, 0.3) is 43.7 Å². The molecule has 1 unspecified atom stereocenters. The van der Waals surface area contributed by atoms with E-state index in [9.17, 15) is 4.21 Å². The second-order valence-electron chi connectivity index (χ2n) is 6.13. The van der Waals surface area contributed by atoms with Crippen LogP contribution in [0.2, 0.25) is 0 Å². The third-order valence-electron chi connectivity index (χ3n) is 4.77. The Morgan fingerprint density at radius 3 is 2.33 bits per heavy atom.